The second-order valence-electron chi connectivity index (χ2n) is 5.78. The molecule has 2 aromatic heterocycles. The highest BCUT2D eigenvalue weighted by molar-refractivity contribution is 5.81. The lowest BCUT2D eigenvalue weighted by Crippen LogP contribution is -2.39. The van der Waals surface area contributed by atoms with Gasteiger partial charge < -0.3 is 24.7 Å². The number of hydrogen-bond donors (Lipinski definition) is 1. The Hall–Kier alpha value is -1.77. The summed E-state index contributed by atoms with van der Waals surface area (Å²) in [7, 11) is 4.10. The standard InChI is InChI=1S/C13H18N6O2/c1-18(2)7-3-20-11-8(4-21-10(7)11)19-6-17-9-12(14)15-5-16-13(9)19/h5-8,10-11H,3-4H2,1-2H3,(H2,14,15,16)/t7-,8+,10?,11?/m0/s1. The van der Waals surface area contributed by atoms with Gasteiger partial charge in [-0.3, -0.25) is 0 Å². The number of hydrogen-bond acceptors (Lipinski definition) is 7. The summed E-state index contributed by atoms with van der Waals surface area (Å²) in [4.78, 5) is 14.7. The van der Waals surface area contributed by atoms with E-state index in [0.29, 0.717) is 24.5 Å². The minimum Gasteiger partial charge on any atom is -0.382 e. The molecule has 4 heterocycles. The molecule has 0 amide bonds. The minimum atomic E-state index is 0.0194. The smallest absolute Gasteiger partial charge is 0.165 e. The third-order valence-corrected chi connectivity index (χ3v) is 4.41. The molecule has 0 aromatic carbocycles. The van der Waals surface area contributed by atoms with Gasteiger partial charge in [0.15, 0.2) is 11.5 Å². The lowest BCUT2D eigenvalue weighted by Gasteiger charge is -2.22. The maximum absolute atomic E-state index is 5.98. The topological polar surface area (TPSA) is 91.3 Å². The fraction of sp³-hybridized carbons (Fsp3) is 0.615. The van der Waals surface area contributed by atoms with E-state index in [-0.39, 0.29) is 24.3 Å². The van der Waals surface area contributed by atoms with Crippen LogP contribution in [0.1, 0.15) is 6.04 Å². The Balaban J connectivity index is 1.70. The quantitative estimate of drug-likeness (QED) is 0.810. The van der Waals surface area contributed by atoms with Crippen molar-refractivity contribution < 1.29 is 9.47 Å². The number of rotatable bonds is 2. The summed E-state index contributed by atoms with van der Waals surface area (Å²) in [6, 6.07) is 0.355. The fourth-order valence-corrected chi connectivity index (χ4v) is 3.25. The Kier molecular flexibility index (Phi) is 2.84. The third-order valence-electron chi connectivity index (χ3n) is 4.41. The Bertz CT molecular complexity index is 672. The monoisotopic (exact) mass is 290 g/mol. The van der Waals surface area contributed by atoms with E-state index in [4.69, 9.17) is 15.2 Å². The van der Waals surface area contributed by atoms with Gasteiger partial charge in [-0.25, -0.2) is 15.0 Å². The molecule has 0 radical (unpaired) electrons. The molecule has 4 atom stereocenters. The molecule has 8 nitrogen and oxygen atoms in total. The summed E-state index contributed by atoms with van der Waals surface area (Å²) in [5.41, 5.74) is 7.20. The first-order chi connectivity index (χ1) is 10.2. The van der Waals surface area contributed by atoms with Crippen LogP contribution in [-0.2, 0) is 9.47 Å². The first-order valence-electron chi connectivity index (χ1n) is 6.99. The lowest BCUT2D eigenvalue weighted by molar-refractivity contribution is 0.0537. The highest BCUT2D eigenvalue weighted by Crippen LogP contribution is 2.36. The molecule has 2 aliphatic heterocycles. The number of imidazole rings is 1. The maximum atomic E-state index is 5.98. The first-order valence-corrected chi connectivity index (χ1v) is 6.99. The van der Waals surface area contributed by atoms with Crippen LogP contribution in [-0.4, -0.2) is 70.0 Å². The Morgan fingerprint density at radius 3 is 2.81 bits per heavy atom. The van der Waals surface area contributed by atoms with Crippen LogP contribution in [0.2, 0.25) is 0 Å². The van der Waals surface area contributed by atoms with E-state index in [1.54, 1.807) is 6.33 Å². The summed E-state index contributed by atoms with van der Waals surface area (Å²) < 4.78 is 13.9. The van der Waals surface area contributed by atoms with Crippen LogP contribution in [0.15, 0.2) is 12.7 Å². The molecule has 2 saturated heterocycles. The predicted molar refractivity (Wildman–Crippen MR) is 75.7 cm³/mol. The van der Waals surface area contributed by atoms with Crippen molar-refractivity contribution in [3.63, 3.8) is 0 Å². The number of nitrogen functional groups attached to an aromatic ring is 1. The van der Waals surface area contributed by atoms with E-state index in [9.17, 15) is 0 Å². The number of fused-ring (bicyclic) bond motifs is 2. The molecule has 21 heavy (non-hydrogen) atoms. The van der Waals surface area contributed by atoms with Crippen LogP contribution in [0.25, 0.3) is 11.2 Å². The van der Waals surface area contributed by atoms with Gasteiger partial charge in [0.2, 0.25) is 0 Å². The molecule has 0 saturated carbocycles. The van der Waals surface area contributed by atoms with Crippen molar-refractivity contribution in [2.24, 2.45) is 0 Å². The van der Waals surface area contributed by atoms with Crippen molar-refractivity contribution >= 4 is 17.0 Å². The second-order valence-corrected chi connectivity index (χ2v) is 5.78. The molecule has 4 rings (SSSR count). The van der Waals surface area contributed by atoms with Crippen molar-refractivity contribution in [1.82, 2.24) is 24.4 Å². The number of aromatic nitrogens is 4. The average molecular weight is 290 g/mol. The average Bonchev–Trinajstić information content (AvgIpc) is 3.11. The highest BCUT2D eigenvalue weighted by Gasteiger charge is 2.49. The Labute approximate surface area is 121 Å². The van der Waals surface area contributed by atoms with E-state index in [1.807, 2.05) is 18.7 Å². The lowest BCUT2D eigenvalue weighted by atomic mass is 10.1. The fourth-order valence-electron chi connectivity index (χ4n) is 3.25. The van der Waals surface area contributed by atoms with Gasteiger partial charge in [-0.15, -0.1) is 0 Å². The molecule has 112 valence electrons. The van der Waals surface area contributed by atoms with Gasteiger partial charge >= 0.3 is 0 Å². The number of nitrogens with zero attached hydrogens (tertiary/aromatic N) is 5. The van der Waals surface area contributed by atoms with Crippen LogP contribution < -0.4 is 5.73 Å². The highest BCUT2D eigenvalue weighted by atomic mass is 16.6. The van der Waals surface area contributed by atoms with E-state index in [1.165, 1.54) is 6.33 Å². The van der Waals surface area contributed by atoms with Crippen molar-refractivity contribution in [3.05, 3.63) is 12.7 Å². The molecule has 2 aromatic rings. The Morgan fingerprint density at radius 1 is 1.19 bits per heavy atom. The van der Waals surface area contributed by atoms with Gasteiger partial charge in [-0.05, 0) is 14.1 Å². The molecular formula is C13H18N6O2. The van der Waals surface area contributed by atoms with E-state index < -0.39 is 0 Å². The van der Waals surface area contributed by atoms with Gasteiger partial charge in [0.1, 0.15) is 24.1 Å². The molecule has 8 heteroatoms. The largest absolute Gasteiger partial charge is 0.382 e. The summed E-state index contributed by atoms with van der Waals surface area (Å²) in [5, 5.41) is 0. The molecule has 2 fully saturated rings. The normalized spacial score (nSPS) is 32.1. The molecule has 0 spiro atoms. The second kappa shape index (κ2) is 4.62. The zero-order valence-electron chi connectivity index (χ0n) is 12.0. The van der Waals surface area contributed by atoms with Gasteiger partial charge in [-0.1, -0.05) is 0 Å². The first kappa shape index (κ1) is 12.9. The third kappa shape index (κ3) is 1.83. The molecule has 2 N–H and O–H groups in total. The molecule has 2 unspecified atom stereocenters. The zero-order valence-corrected chi connectivity index (χ0v) is 12.0. The van der Waals surface area contributed by atoms with Gasteiger partial charge in [0.05, 0.1) is 31.6 Å². The SMILES string of the molecule is CN(C)[C@H]1COC2C1OC[C@H]2n1cnc2c(N)ncnc21. The van der Waals surface area contributed by atoms with Crippen molar-refractivity contribution in [2.75, 3.05) is 33.0 Å². The Morgan fingerprint density at radius 2 is 2.00 bits per heavy atom. The maximum Gasteiger partial charge on any atom is 0.165 e. The molecule has 0 bridgehead atoms. The molecule has 2 aliphatic rings. The molecular weight excluding hydrogens is 272 g/mol. The van der Waals surface area contributed by atoms with Crippen molar-refractivity contribution in [3.8, 4) is 0 Å². The van der Waals surface area contributed by atoms with Crippen molar-refractivity contribution in [2.45, 2.75) is 24.3 Å². The van der Waals surface area contributed by atoms with Crippen LogP contribution in [0, 0.1) is 0 Å². The zero-order chi connectivity index (χ0) is 14.6. The number of nitrogens with two attached hydrogens (primary N) is 1. The van der Waals surface area contributed by atoms with Crippen LogP contribution in [0.4, 0.5) is 5.82 Å². The number of ether oxygens (including phenoxy) is 2. The summed E-state index contributed by atoms with van der Waals surface area (Å²) in [6.45, 7) is 1.28. The van der Waals surface area contributed by atoms with E-state index in [2.05, 4.69) is 19.9 Å². The van der Waals surface area contributed by atoms with Gasteiger partial charge in [0.25, 0.3) is 0 Å². The predicted octanol–water partition coefficient (Wildman–Crippen LogP) is -0.323. The summed E-state index contributed by atoms with van der Waals surface area (Å²) >= 11 is 0. The van der Waals surface area contributed by atoms with Crippen LogP contribution in [0.5, 0.6) is 0 Å². The van der Waals surface area contributed by atoms with Crippen LogP contribution in [0.3, 0.4) is 0 Å². The van der Waals surface area contributed by atoms with E-state index >= 15 is 0 Å². The minimum absolute atomic E-state index is 0.0194. The number of anilines is 1. The van der Waals surface area contributed by atoms with E-state index in [0.717, 1.165) is 5.65 Å². The van der Waals surface area contributed by atoms with Gasteiger partial charge in [0, 0.05) is 0 Å². The summed E-state index contributed by atoms with van der Waals surface area (Å²) in [6.07, 6.45) is 3.31. The number of likely N-dealkylation sites (N-methyl/N-ethyl adjacent to an activating group) is 1. The molecule has 0 aliphatic carbocycles. The van der Waals surface area contributed by atoms with Gasteiger partial charge in [-0.2, -0.15) is 0 Å². The van der Waals surface area contributed by atoms with Crippen LogP contribution >= 0.6 is 0 Å². The van der Waals surface area contributed by atoms with Crippen molar-refractivity contribution in [1.29, 1.82) is 0 Å². The summed E-state index contributed by atoms with van der Waals surface area (Å²) in [5.74, 6) is 0.396.